The fraction of sp³-hybridized carbons (Fsp3) is 0.533. The average molecular weight is 330 g/mol. The van der Waals surface area contributed by atoms with Gasteiger partial charge < -0.3 is 15.1 Å². The van der Waals surface area contributed by atoms with Gasteiger partial charge in [0.05, 0.1) is 18.9 Å². The molecule has 2 rings (SSSR count). The molecule has 1 amide bonds. The lowest BCUT2D eigenvalue weighted by Crippen LogP contribution is -2.52. The maximum absolute atomic E-state index is 12.2. The summed E-state index contributed by atoms with van der Waals surface area (Å²) in [5.41, 5.74) is -0.121. The van der Waals surface area contributed by atoms with E-state index >= 15 is 0 Å². The lowest BCUT2D eigenvalue weighted by molar-refractivity contribution is -0.137. The summed E-state index contributed by atoms with van der Waals surface area (Å²) in [6.45, 7) is 0.562. The Morgan fingerprint density at radius 1 is 1.43 bits per heavy atom. The highest BCUT2D eigenvalue weighted by atomic mass is 35.5. The van der Waals surface area contributed by atoms with E-state index in [-0.39, 0.29) is 19.1 Å². The average Bonchev–Trinajstić information content (AvgIpc) is 2.49. The van der Waals surface area contributed by atoms with Crippen molar-refractivity contribution in [1.29, 1.82) is 0 Å². The Morgan fingerprint density at radius 3 is 2.90 bits per heavy atom. The first kappa shape index (κ1) is 16.6. The molecule has 1 aliphatic rings. The smallest absolute Gasteiger partial charge is 0.232 e. The molecule has 4 nitrogen and oxygen atoms in total. The number of rotatable bonds is 5. The van der Waals surface area contributed by atoms with E-state index in [1.54, 1.807) is 4.90 Å². The summed E-state index contributed by atoms with van der Waals surface area (Å²) in [6, 6.07) is 7.59. The fourth-order valence-corrected chi connectivity index (χ4v) is 3.62. The number of carbonyl (C=O) groups is 1. The van der Waals surface area contributed by atoms with Gasteiger partial charge in [-0.2, -0.15) is 0 Å². The van der Waals surface area contributed by atoms with E-state index in [1.165, 1.54) is 11.8 Å². The number of amides is 1. The number of aliphatic hydroxyl groups excluding tert-OH is 1. The number of nitrogens with zero attached hydrogens (tertiary/aromatic N) is 1. The minimum atomic E-state index is -1.14. The van der Waals surface area contributed by atoms with Crippen LogP contribution in [0.15, 0.2) is 24.3 Å². The molecule has 6 heteroatoms. The van der Waals surface area contributed by atoms with Crippen molar-refractivity contribution < 1.29 is 15.0 Å². The van der Waals surface area contributed by atoms with Crippen LogP contribution in [0.3, 0.4) is 0 Å². The van der Waals surface area contributed by atoms with Gasteiger partial charge in [0.25, 0.3) is 0 Å². The molecule has 1 aromatic rings. The summed E-state index contributed by atoms with van der Waals surface area (Å²) in [5.74, 6) is 1.04. The van der Waals surface area contributed by atoms with E-state index in [2.05, 4.69) is 0 Å². The van der Waals surface area contributed by atoms with Crippen LogP contribution in [-0.4, -0.2) is 52.1 Å². The quantitative estimate of drug-likeness (QED) is 0.866. The van der Waals surface area contributed by atoms with E-state index in [4.69, 9.17) is 11.6 Å². The molecular formula is C15H20ClNO3S. The highest BCUT2D eigenvalue weighted by Crippen LogP contribution is 2.23. The van der Waals surface area contributed by atoms with Gasteiger partial charge in [0.2, 0.25) is 5.91 Å². The van der Waals surface area contributed by atoms with Crippen molar-refractivity contribution in [2.75, 3.05) is 25.4 Å². The van der Waals surface area contributed by atoms with Crippen LogP contribution >= 0.6 is 23.4 Å². The zero-order valence-electron chi connectivity index (χ0n) is 11.8. The Bertz CT molecular complexity index is 500. The molecule has 21 heavy (non-hydrogen) atoms. The topological polar surface area (TPSA) is 60.8 Å². The van der Waals surface area contributed by atoms with Crippen molar-refractivity contribution in [1.82, 2.24) is 4.90 Å². The number of β-amino-alcohol motifs (C(OH)–C–C–N with tert-alkyl or cyclic N) is 1. The highest BCUT2D eigenvalue weighted by Gasteiger charge is 2.34. The highest BCUT2D eigenvalue weighted by molar-refractivity contribution is 7.99. The summed E-state index contributed by atoms with van der Waals surface area (Å²) in [6.07, 6.45) is 1.26. The molecule has 0 spiro atoms. The van der Waals surface area contributed by atoms with E-state index in [9.17, 15) is 15.0 Å². The standard InChI is InChI=1S/C15H20ClNO3S/c16-13-5-2-1-4-12(13)8-21-9-14(19)17-7-3-6-15(20,10-17)11-18/h1-2,4-5,18,20H,3,6-11H2. The van der Waals surface area contributed by atoms with Crippen molar-refractivity contribution in [2.24, 2.45) is 0 Å². The number of aliphatic hydroxyl groups is 2. The van der Waals surface area contributed by atoms with Crippen molar-refractivity contribution in [3.8, 4) is 0 Å². The van der Waals surface area contributed by atoms with Crippen molar-refractivity contribution in [3.63, 3.8) is 0 Å². The summed E-state index contributed by atoms with van der Waals surface area (Å²) in [5, 5.41) is 20.0. The number of benzene rings is 1. The van der Waals surface area contributed by atoms with Crippen molar-refractivity contribution in [3.05, 3.63) is 34.9 Å². The molecule has 1 aliphatic heterocycles. The molecule has 0 aliphatic carbocycles. The summed E-state index contributed by atoms with van der Waals surface area (Å²) >= 11 is 7.59. The molecule has 2 N–H and O–H groups in total. The maximum atomic E-state index is 12.2. The SMILES string of the molecule is O=C(CSCc1ccccc1Cl)N1CCCC(O)(CO)C1. The maximum Gasteiger partial charge on any atom is 0.232 e. The van der Waals surface area contributed by atoms with Crippen LogP contribution in [0.1, 0.15) is 18.4 Å². The molecule has 1 atom stereocenters. The second kappa shape index (κ2) is 7.49. The Kier molecular flexibility index (Phi) is 5.93. The second-order valence-corrected chi connectivity index (χ2v) is 6.78. The van der Waals surface area contributed by atoms with Crippen LogP contribution in [0.5, 0.6) is 0 Å². The first-order chi connectivity index (χ1) is 10.0. The molecule has 116 valence electrons. The molecule has 1 saturated heterocycles. The van der Waals surface area contributed by atoms with Gasteiger partial charge >= 0.3 is 0 Å². The summed E-state index contributed by atoms with van der Waals surface area (Å²) in [4.78, 5) is 13.8. The minimum Gasteiger partial charge on any atom is -0.393 e. The van der Waals surface area contributed by atoms with Gasteiger partial charge in [-0.1, -0.05) is 29.8 Å². The van der Waals surface area contributed by atoms with Crippen LogP contribution in [0, 0.1) is 0 Å². The monoisotopic (exact) mass is 329 g/mol. The third kappa shape index (κ3) is 4.61. The predicted octanol–water partition coefficient (Wildman–Crippen LogP) is 1.92. The molecule has 0 radical (unpaired) electrons. The number of hydrogen-bond donors (Lipinski definition) is 2. The third-order valence-corrected chi connectivity index (χ3v) is 4.98. The fourth-order valence-electron chi connectivity index (χ4n) is 2.41. The van der Waals surface area contributed by atoms with Crippen LogP contribution in [0.25, 0.3) is 0 Å². The zero-order chi connectivity index (χ0) is 15.3. The van der Waals surface area contributed by atoms with E-state index in [0.29, 0.717) is 29.5 Å². The lowest BCUT2D eigenvalue weighted by atomic mass is 9.94. The van der Waals surface area contributed by atoms with E-state index in [1.807, 2.05) is 24.3 Å². The predicted molar refractivity (Wildman–Crippen MR) is 85.5 cm³/mol. The normalized spacial score (nSPS) is 22.3. The summed E-state index contributed by atoms with van der Waals surface area (Å²) < 4.78 is 0. The molecule has 1 heterocycles. The molecule has 0 aromatic heterocycles. The first-order valence-corrected chi connectivity index (χ1v) is 8.49. The van der Waals surface area contributed by atoms with Crippen molar-refractivity contribution in [2.45, 2.75) is 24.2 Å². The third-order valence-electron chi connectivity index (χ3n) is 3.64. The zero-order valence-corrected chi connectivity index (χ0v) is 13.4. The molecule has 0 bridgehead atoms. The Morgan fingerprint density at radius 2 is 2.19 bits per heavy atom. The van der Waals surface area contributed by atoms with Crippen LogP contribution in [-0.2, 0) is 10.5 Å². The van der Waals surface area contributed by atoms with Gasteiger partial charge in [-0.25, -0.2) is 0 Å². The Balaban J connectivity index is 1.81. The molecular weight excluding hydrogens is 310 g/mol. The molecule has 1 aromatic carbocycles. The Labute approximate surface area is 134 Å². The largest absolute Gasteiger partial charge is 0.393 e. The van der Waals surface area contributed by atoms with Crippen LogP contribution in [0.2, 0.25) is 5.02 Å². The number of hydrogen-bond acceptors (Lipinski definition) is 4. The van der Waals surface area contributed by atoms with Gasteiger partial charge in [-0.15, -0.1) is 11.8 Å². The first-order valence-electron chi connectivity index (χ1n) is 6.96. The number of thioether (sulfide) groups is 1. The number of likely N-dealkylation sites (tertiary alicyclic amines) is 1. The molecule has 1 fully saturated rings. The van der Waals surface area contributed by atoms with Gasteiger partial charge in [-0.05, 0) is 24.5 Å². The second-order valence-electron chi connectivity index (χ2n) is 5.39. The van der Waals surface area contributed by atoms with Crippen molar-refractivity contribution >= 4 is 29.3 Å². The number of halogens is 1. The Hall–Kier alpha value is -0.750. The van der Waals surface area contributed by atoms with Crippen LogP contribution in [0.4, 0.5) is 0 Å². The van der Waals surface area contributed by atoms with Gasteiger partial charge in [0, 0.05) is 17.3 Å². The summed E-state index contributed by atoms with van der Waals surface area (Å²) in [7, 11) is 0. The molecule has 1 unspecified atom stereocenters. The lowest BCUT2D eigenvalue weighted by Gasteiger charge is -2.38. The van der Waals surface area contributed by atoms with E-state index in [0.717, 1.165) is 12.0 Å². The minimum absolute atomic E-state index is 0.00127. The van der Waals surface area contributed by atoms with Gasteiger partial charge in [0.15, 0.2) is 0 Å². The van der Waals surface area contributed by atoms with Crippen LogP contribution < -0.4 is 0 Å². The molecule has 0 saturated carbocycles. The van der Waals surface area contributed by atoms with Gasteiger partial charge in [-0.3, -0.25) is 4.79 Å². The van der Waals surface area contributed by atoms with E-state index < -0.39 is 5.60 Å². The van der Waals surface area contributed by atoms with Gasteiger partial charge in [0.1, 0.15) is 5.60 Å². The number of piperidine rings is 1. The number of carbonyl (C=O) groups excluding carboxylic acids is 1.